The number of methoxy groups -OCH3 is 1. The number of hydrazone groups is 1. The molecule has 0 unspecified atom stereocenters. The van der Waals surface area contributed by atoms with Crippen molar-refractivity contribution in [2.75, 3.05) is 12.5 Å². The van der Waals surface area contributed by atoms with Gasteiger partial charge in [0.25, 0.3) is 0 Å². The molecule has 4 rings (SSSR count). The minimum Gasteiger partial charge on any atom is -0.497 e. The van der Waals surface area contributed by atoms with Crippen LogP contribution in [0.4, 0.5) is 10.2 Å². The Morgan fingerprint density at radius 2 is 1.93 bits per heavy atom. The van der Waals surface area contributed by atoms with Crippen molar-refractivity contribution >= 4 is 29.3 Å². The summed E-state index contributed by atoms with van der Waals surface area (Å²) in [7, 11) is 1.61. The van der Waals surface area contributed by atoms with E-state index in [0.29, 0.717) is 11.5 Å². The highest BCUT2D eigenvalue weighted by Gasteiger charge is 2.17. The van der Waals surface area contributed by atoms with Crippen LogP contribution < -0.4 is 10.2 Å². The lowest BCUT2D eigenvalue weighted by Crippen LogP contribution is -2.01. The van der Waals surface area contributed by atoms with E-state index >= 15 is 0 Å². The quantitative estimate of drug-likeness (QED) is 0.407. The van der Waals surface area contributed by atoms with Gasteiger partial charge in [-0.05, 0) is 54.1 Å². The van der Waals surface area contributed by atoms with Crippen LogP contribution in [0.25, 0.3) is 17.0 Å². The van der Waals surface area contributed by atoms with Gasteiger partial charge in [-0.2, -0.15) is 9.62 Å². The molecule has 2 aromatic heterocycles. The summed E-state index contributed by atoms with van der Waals surface area (Å²) in [6.07, 6.45) is 1.64. The second-order valence-corrected chi connectivity index (χ2v) is 6.16. The van der Waals surface area contributed by atoms with E-state index in [9.17, 15) is 4.39 Å². The molecule has 0 bridgehead atoms. The normalized spacial score (nSPS) is 11.2. The van der Waals surface area contributed by atoms with Crippen LogP contribution in [0.5, 0.6) is 5.75 Å². The van der Waals surface area contributed by atoms with E-state index in [-0.39, 0.29) is 16.4 Å². The number of anilines is 1. The van der Waals surface area contributed by atoms with E-state index in [2.05, 4.69) is 25.8 Å². The van der Waals surface area contributed by atoms with Gasteiger partial charge in [0.05, 0.1) is 23.9 Å². The molecule has 0 aliphatic heterocycles. The van der Waals surface area contributed by atoms with Crippen LogP contribution in [0, 0.1) is 5.82 Å². The minimum absolute atomic E-state index is 0.142. The number of ether oxygens (including phenoxy) is 1. The molecule has 4 aromatic rings. The maximum absolute atomic E-state index is 14.2. The number of hydrogen-bond donors (Lipinski definition) is 1. The standard InChI is InChI=1S/C19H14ClFN6O/c1-28-13-7-5-12(6-8-13)11-22-23-16-9-10-17-24-25-19(27(17)26-16)18-14(20)3-2-4-15(18)21/h2-11H,1H3,(H,23,26). The highest BCUT2D eigenvalue weighted by molar-refractivity contribution is 6.33. The van der Waals surface area contributed by atoms with Crippen molar-refractivity contribution in [3.05, 3.63) is 71.0 Å². The highest BCUT2D eigenvalue weighted by atomic mass is 35.5. The summed E-state index contributed by atoms with van der Waals surface area (Å²) in [4.78, 5) is 0. The van der Waals surface area contributed by atoms with Crippen molar-refractivity contribution in [1.29, 1.82) is 0 Å². The first-order chi connectivity index (χ1) is 13.7. The molecule has 0 amide bonds. The van der Waals surface area contributed by atoms with E-state index < -0.39 is 5.82 Å². The predicted octanol–water partition coefficient (Wildman–Crippen LogP) is 4.04. The number of hydrogen-bond acceptors (Lipinski definition) is 6. The Morgan fingerprint density at radius 1 is 1.11 bits per heavy atom. The lowest BCUT2D eigenvalue weighted by atomic mass is 10.2. The minimum atomic E-state index is -0.500. The lowest BCUT2D eigenvalue weighted by Gasteiger charge is -2.05. The monoisotopic (exact) mass is 396 g/mol. The lowest BCUT2D eigenvalue weighted by molar-refractivity contribution is 0.415. The summed E-state index contributed by atoms with van der Waals surface area (Å²) in [6.45, 7) is 0. The Balaban J connectivity index is 1.61. The molecule has 0 saturated heterocycles. The third-order valence-electron chi connectivity index (χ3n) is 3.96. The van der Waals surface area contributed by atoms with Gasteiger partial charge < -0.3 is 4.74 Å². The molecule has 28 heavy (non-hydrogen) atoms. The van der Waals surface area contributed by atoms with Crippen LogP contribution in [-0.2, 0) is 0 Å². The van der Waals surface area contributed by atoms with Crippen LogP contribution in [-0.4, -0.2) is 33.1 Å². The molecule has 7 nitrogen and oxygen atoms in total. The van der Waals surface area contributed by atoms with Crippen molar-refractivity contribution < 1.29 is 9.13 Å². The molecule has 0 saturated carbocycles. The first-order valence-electron chi connectivity index (χ1n) is 8.25. The first-order valence-corrected chi connectivity index (χ1v) is 8.63. The number of aromatic nitrogens is 4. The molecule has 0 aliphatic carbocycles. The number of fused-ring (bicyclic) bond motifs is 1. The molecule has 1 N–H and O–H groups in total. The molecular weight excluding hydrogens is 383 g/mol. The predicted molar refractivity (Wildman–Crippen MR) is 105 cm³/mol. The maximum atomic E-state index is 14.2. The smallest absolute Gasteiger partial charge is 0.189 e. The van der Waals surface area contributed by atoms with Crippen LogP contribution in [0.1, 0.15) is 5.56 Å². The van der Waals surface area contributed by atoms with Crippen molar-refractivity contribution in [2.45, 2.75) is 0 Å². The number of halogens is 2. The fourth-order valence-corrected chi connectivity index (χ4v) is 2.83. The van der Waals surface area contributed by atoms with Crippen molar-refractivity contribution in [3.63, 3.8) is 0 Å². The second-order valence-electron chi connectivity index (χ2n) is 5.75. The SMILES string of the molecule is COc1ccc(C=NNc2ccc3nnc(-c4c(F)cccc4Cl)n3n2)cc1. The van der Waals surface area contributed by atoms with Gasteiger partial charge in [0.15, 0.2) is 17.3 Å². The number of nitrogens with zero attached hydrogens (tertiary/aromatic N) is 5. The average Bonchev–Trinajstić information content (AvgIpc) is 3.11. The molecule has 0 fully saturated rings. The molecular formula is C19H14ClFN6O. The molecule has 2 heterocycles. The molecule has 0 aliphatic rings. The number of nitrogens with one attached hydrogen (secondary N) is 1. The highest BCUT2D eigenvalue weighted by Crippen LogP contribution is 2.29. The molecule has 0 atom stereocenters. The average molecular weight is 397 g/mol. The van der Waals surface area contributed by atoms with E-state index in [1.54, 1.807) is 31.5 Å². The molecule has 0 spiro atoms. The molecule has 140 valence electrons. The Bertz CT molecular complexity index is 1140. The summed E-state index contributed by atoms with van der Waals surface area (Å²) in [6, 6.07) is 15.2. The summed E-state index contributed by atoms with van der Waals surface area (Å²) in [5.74, 6) is 0.912. The van der Waals surface area contributed by atoms with E-state index in [4.69, 9.17) is 16.3 Å². The second kappa shape index (κ2) is 7.61. The van der Waals surface area contributed by atoms with Gasteiger partial charge in [0, 0.05) is 0 Å². The summed E-state index contributed by atoms with van der Waals surface area (Å²) < 4.78 is 20.8. The van der Waals surface area contributed by atoms with Crippen LogP contribution >= 0.6 is 11.6 Å². The zero-order chi connectivity index (χ0) is 19.5. The van der Waals surface area contributed by atoms with E-state index in [1.165, 1.54) is 16.6 Å². The fraction of sp³-hybridized carbons (Fsp3) is 0.0526. The summed E-state index contributed by atoms with van der Waals surface area (Å²) in [5, 5.41) is 16.8. The summed E-state index contributed by atoms with van der Waals surface area (Å²) >= 11 is 6.14. The van der Waals surface area contributed by atoms with Crippen molar-refractivity contribution in [1.82, 2.24) is 19.8 Å². The fourth-order valence-electron chi connectivity index (χ4n) is 2.58. The summed E-state index contributed by atoms with van der Waals surface area (Å²) in [5.41, 5.74) is 4.32. The Labute approximate surface area is 164 Å². The Morgan fingerprint density at radius 3 is 2.68 bits per heavy atom. The number of benzene rings is 2. The zero-order valence-corrected chi connectivity index (χ0v) is 15.4. The molecule has 0 radical (unpaired) electrons. The Hall–Kier alpha value is -3.52. The van der Waals surface area contributed by atoms with Gasteiger partial charge in [-0.3, -0.25) is 5.43 Å². The molecule has 9 heteroatoms. The topological polar surface area (TPSA) is 76.7 Å². The van der Waals surface area contributed by atoms with Crippen molar-refractivity contribution in [3.8, 4) is 17.1 Å². The van der Waals surface area contributed by atoms with Crippen LogP contribution in [0.2, 0.25) is 5.02 Å². The van der Waals surface area contributed by atoms with E-state index in [0.717, 1.165) is 11.3 Å². The van der Waals surface area contributed by atoms with Gasteiger partial charge in [-0.25, -0.2) is 4.39 Å². The van der Waals surface area contributed by atoms with E-state index in [1.807, 2.05) is 24.3 Å². The van der Waals surface area contributed by atoms with Gasteiger partial charge in [0.2, 0.25) is 0 Å². The van der Waals surface area contributed by atoms with Crippen LogP contribution in [0.3, 0.4) is 0 Å². The van der Waals surface area contributed by atoms with Gasteiger partial charge in [-0.1, -0.05) is 17.7 Å². The maximum Gasteiger partial charge on any atom is 0.189 e. The third-order valence-corrected chi connectivity index (χ3v) is 4.27. The van der Waals surface area contributed by atoms with Gasteiger partial charge in [0.1, 0.15) is 11.6 Å². The van der Waals surface area contributed by atoms with Crippen molar-refractivity contribution in [2.24, 2.45) is 5.10 Å². The van der Waals surface area contributed by atoms with Gasteiger partial charge in [-0.15, -0.1) is 15.3 Å². The van der Waals surface area contributed by atoms with Gasteiger partial charge >= 0.3 is 0 Å². The first kappa shape index (κ1) is 17.9. The molecule has 2 aromatic carbocycles. The Kier molecular flexibility index (Phi) is 4.86. The third kappa shape index (κ3) is 3.49. The number of rotatable bonds is 5. The van der Waals surface area contributed by atoms with Crippen LogP contribution in [0.15, 0.2) is 59.7 Å². The zero-order valence-electron chi connectivity index (χ0n) is 14.7. The largest absolute Gasteiger partial charge is 0.497 e.